The van der Waals surface area contributed by atoms with Crippen molar-refractivity contribution < 1.29 is 0 Å². The molecule has 10 aromatic rings. The average Bonchev–Trinajstić information content (AvgIpc) is 3.42. The van der Waals surface area contributed by atoms with E-state index in [0.717, 1.165) is 39.8 Å². The van der Waals surface area contributed by atoms with Gasteiger partial charge < -0.3 is 24.5 Å². The molecular weight excluding hydrogens is 868 g/mol. The van der Waals surface area contributed by atoms with Crippen LogP contribution in [0.15, 0.2) is 246 Å². The minimum atomic E-state index is -0.0133. The molecule has 8 heteroatoms. The van der Waals surface area contributed by atoms with Crippen molar-refractivity contribution in [1.82, 2.24) is 0 Å². The van der Waals surface area contributed by atoms with Crippen LogP contribution in [0.3, 0.4) is 0 Å². The average molecular weight is 914 g/mol. The van der Waals surface area contributed by atoms with Crippen LogP contribution in [0, 0.1) is 0 Å². The second-order valence-electron chi connectivity index (χ2n) is 18.6. The van der Waals surface area contributed by atoms with E-state index in [0.29, 0.717) is 0 Å². The molecule has 4 aliphatic rings. The first-order valence-corrected chi connectivity index (χ1v) is 24.9. The van der Waals surface area contributed by atoms with Gasteiger partial charge in [0.15, 0.2) is 0 Å². The third-order valence-corrected chi connectivity index (χ3v) is 16.0. The van der Waals surface area contributed by atoms with Gasteiger partial charge >= 0.3 is 0 Å². The summed E-state index contributed by atoms with van der Waals surface area (Å²) >= 11 is 1.90. The first kappa shape index (κ1) is 40.7. The molecule has 0 radical (unpaired) electrons. The summed E-state index contributed by atoms with van der Waals surface area (Å²) in [5, 5.41) is 0. The van der Waals surface area contributed by atoms with E-state index in [1.165, 1.54) is 76.7 Å². The summed E-state index contributed by atoms with van der Waals surface area (Å²) in [5.74, 6) is 0. The fourth-order valence-corrected chi connectivity index (χ4v) is 13.0. The predicted molar refractivity (Wildman–Crippen MR) is 299 cm³/mol. The van der Waals surface area contributed by atoms with Crippen LogP contribution in [0.2, 0.25) is 0 Å². The Kier molecular flexibility index (Phi) is 9.40. The van der Waals surface area contributed by atoms with Crippen LogP contribution in [0.1, 0.15) is 0 Å². The Balaban J connectivity index is 1.01. The van der Waals surface area contributed by atoms with Crippen LogP contribution in [0.5, 0.6) is 0 Å². The number of para-hydroxylation sites is 6. The molecule has 70 heavy (non-hydrogen) atoms. The molecule has 0 spiro atoms. The number of nitrogens with zero attached hydrogens (tertiary/aromatic N) is 5. The molecule has 0 fully saturated rings. The summed E-state index contributed by atoms with van der Waals surface area (Å²) in [4.78, 5) is 14.8. The van der Waals surface area contributed by atoms with Gasteiger partial charge in [0, 0.05) is 92.1 Å². The lowest BCUT2D eigenvalue weighted by Gasteiger charge is -2.45. The highest BCUT2D eigenvalue weighted by atomic mass is 32.2. The van der Waals surface area contributed by atoms with Gasteiger partial charge in [0.25, 0.3) is 6.71 Å². The SMILES string of the molecule is CN1c2cc3c(cc2B2c4ccccc4Sc4cc(N(c5ccccc5)c5ccccc5)cc1c42)B1c2ccccc2N(c2ccccc2)c2cc(N(c4ccccc4)c4ccccc4)cc(c21)N3C. The number of fused-ring (bicyclic) bond motifs is 8. The molecule has 0 unspecified atom stereocenters. The second-order valence-corrected chi connectivity index (χ2v) is 19.7. The Hall–Kier alpha value is -8.32. The Bertz CT molecular complexity index is 3580. The van der Waals surface area contributed by atoms with Gasteiger partial charge in [-0.15, -0.1) is 0 Å². The zero-order valence-electron chi connectivity index (χ0n) is 38.8. The maximum Gasteiger partial charge on any atom is 0.252 e. The highest BCUT2D eigenvalue weighted by molar-refractivity contribution is 8.00. The van der Waals surface area contributed by atoms with Crippen LogP contribution < -0.4 is 57.3 Å². The Morgan fingerprint density at radius 3 is 1.30 bits per heavy atom. The summed E-state index contributed by atoms with van der Waals surface area (Å²) in [7, 11) is 4.56. The van der Waals surface area contributed by atoms with E-state index in [9.17, 15) is 0 Å². The fourth-order valence-electron chi connectivity index (χ4n) is 11.8. The number of benzene rings is 10. The quantitative estimate of drug-likeness (QED) is 0.147. The topological polar surface area (TPSA) is 16.2 Å². The molecule has 5 nitrogen and oxygen atoms in total. The van der Waals surface area contributed by atoms with E-state index in [4.69, 9.17) is 0 Å². The predicted octanol–water partition coefficient (Wildman–Crippen LogP) is 12.1. The fraction of sp³-hybridized carbons (Fsp3) is 0.0323. The molecule has 0 N–H and O–H groups in total. The lowest BCUT2D eigenvalue weighted by Crippen LogP contribution is -2.65. The molecule has 0 atom stereocenters. The van der Waals surface area contributed by atoms with Gasteiger partial charge in [-0.05, 0) is 130 Å². The number of hydrogen-bond donors (Lipinski definition) is 0. The van der Waals surface area contributed by atoms with Crippen molar-refractivity contribution in [2.45, 2.75) is 9.79 Å². The molecule has 0 aliphatic carbocycles. The highest BCUT2D eigenvalue weighted by Gasteiger charge is 2.46. The first-order chi connectivity index (χ1) is 34.6. The van der Waals surface area contributed by atoms with Gasteiger partial charge in [-0.1, -0.05) is 151 Å². The van der Waals surface area contributed by atoms with Crippen LogP contribution in [-0.4, -0.2) is 27.5 Å². The monoisotopic (exact) mass is 913 g/mol. The molecule has 0 aromatic heterocycles. The molecule has 330 valence electrons. The standard InChI is InChI=1S/C62H45B2N5S/c1-65-54-41-55-52(64-50-33-19-21-35-59(50)70-60-39-48(37-57(62(60)64)66(55)2)68(44-26-12-5-13-27-44)45-28-14-6-15-29-45)40-51(54)63-49-32-18-20-34-53(49)69(46-30-16-7-17-31-46)58-38-47(36-56(65)61(58)63)67(42-22-8-3-9-23-42)43-24-10-4-11-25-43/h3-41H,1-2H3. The summed E-state index contributed by atoms with van der Waals surface area (Å²) < 4.78 is 0. The molecule has 0 bridgehead atoms. The largest absolute Gasteiger partial charge is 0.345 e. The second kappa shape index (κ2) is 16.2. The van der Waals surface area contributed by atoms with Crippen molar-refractivity contribution in [2.24, 2.45) is 0 Å². The zero-order chi connectivity index (χ0) is 46.5. The summed E-state index contributed by atoms with van der Waals surface area (Å²) in [6, 6.07) is 87.0. The van der Waals surface area contributed by atoms with Crippen LogP contribution in [0.25, 0.3) is 0 Å². The third kappa shape index (κ3) is 6.23. The van der Waals surface area contributed by atoms with Crippen molar-refractivity contribution in [3.63, 3.8) is 0 Å². The molecule has 4 aliphatic heterocycles. The molecular formula is C62H45B2N5S. The minimum Gasteiger partial charge on any atom is -0.345 e. The first-order valence-electron chi connectivity index (χ1n) is 24.1. The number of hydrogen-bond acceptors (Lipinski definition) is 6. The maximum atomic E-state index is 2.59. The van der Waals surface area contributed by atoms with Gasteiger partial charge in [-0.3, -0.25) is 0 Å². The van der Waals surface area contributed by atoms with Crippen molar-refractivity contribution in [2.75, 3.05) is 38.6 Å². The van der Waals surface area contributed by atoms with E-state index in [-0.39, 0.29) is 13.4 Å². The lowest BCUT2D eigenvalue weighted by molar-refractivity contribution is 1.17. The van der Waals surface area contributed by atoms with E-state index in [1.54, 1.807) is 0 Å². The maximum absolute atomic E-state index is 2.59. The van der Waals surface area contributed by atoms with E-state index in [1.807, 2.05) is 11.8 Å². The summed E-state index contributed by atoms with van der Waals surface area (Å²) in [5.41, 5.74) is 23.1. The molecule has 4 heterocycles. The molecule has 0 saturated heterocycles. The van der Waals surface area contributed by atoms with Crippen molar-refractivity contribution in [3.05, 3.63) is 237 Å². The number of rotatable bonds is 7. The third-order valence-electron chi connectivity index (χ3n) is 14.8. The van der Waals surface area contributed by atoms with Gasteiger partial charge in [0.2, 0.25) is 6.71 Å². The van der Waals surface area contributed by atoms with E-state index >= 15 is 0 Å². The van der Waals surface area contributed by atoms with Crippen molar-refractivity contribution in [1.29, 1.82) is 0 Å². The smallest absolute Gasteiger partial charge is 0.252 e. The van der Waals surface area contributed by atoms with Gasteiger partial charge in [0.05, 0.1) is 5.69 Å². The van der Waals surface area contributed by atoms with Crippen LogP contribution >= 0.6 is 11.8 Å². The highest BCUT2D eigenvalue weighted by Crippen LogP contribution is 2.48. The van der Waals surface area contributed by atoms with E-state index in [2.05, 4.69) is 275 Å². The van der Waals surface area contributed by atoms with Gasteiger partial charge in [-0.2, -0.15) is 0 Å². The summed E-state index contributed by atoms with van der Waals surface area (Å²) in [6.07, 6.45) is 0. The van der Waals surface area contributed by atoms with Crippen LogP contribution in [-0.2, 0) is 0 Å². The summed E-state index contributed by atoms with van der Waals surface area (Å²) in [6.45, 7) is 0.0362. The van der Waals surface area contributed by atoms with E-state index < -0.39 is 0 Å². The van der Waals surface area contributed by atoms with Crippen molar-refractivity contribution in [3.8, 4) is 0 Å². The normalized spacial score (nSPS) is 13.4. The zero-order valence-corrected chi connectivity index (χ0v) is 39.6. The van der Waals surface area contributed by atoms with Crippen LogP contribution in [0.4, 0.5) is 73.9 Å². The molecule has 0 saturated carbocycles. The van der Waals surface area contributed by atoms with Crippen molar-refractivity contribution >= 4 is 132 Å². The minimum absolute atomic E-state index is 0.0133. The number of anilines is 13. The lowest BCUT2D eigenvalue weighted by atomic mass is 9.31. The molecule has 14 rings (SSSR count). The Morgan fingerprint density at radius 1 is 0.314 bits per heavy atom. The van der Waals surface area contributed by atoms with Gasteiger partial charge in [0.1, 0.15) is 0 Å². The van der Waals surface area contributed by atoms with Gasteiger partial charge in [-0.25, -0.2) is 0 Å². The Morgan fingerprint density at radius 2 is 0.743 bits per heavy atom. The Labute approximate surface area is 414 Å². The molecule has 0 amide bonds. The molecule has 10 aromatic carbocycles.